The molecule has 2 aromatic rings. The van der Waals surface area contributed by atoms with Gasteiger partial charge >= 0.3 is 0 Å². The highest BCUT2D eigenvalue weighted by Gasteiger charge is 2.18. The number of aryl methyl sites for hydroxylation is 2. The van der Waals surface area contributed by atoms with E-state index in [0.717, 1.165) is 23.3 Å². The Bertz CT molecular complexity index is 521. The molecule has 0 saturated heterocycles. The molecule has 94 valence electrons. The summed E-state index contributed by atoms with van der Waals surface area (Å²) < 4.78 is 12.9. The van der Waals surface area contributed by atoms with Crippen molar-refractivity contribution < 1.29 is 9.50 Å². The van der Waals surface area contributed by atoms with E-state index in [1.807, 2.05) is 0 Å². The number of aliphatic hydroxyl groups is 1. The van der Waals surface area contributed by atoms with Crippen molar-refractivity contribution >= 4 is 11.3 Å². The predicted molar refractivity (Wildman–Crippen MR) is 71.4 cm³/mol. The molecule has 0 saturated carbocycles. The van der Waals surface area contributed by atoms with Crippen molar-refractivity contribution in [1.82, 2.24) is 0 Å². The maximum absolute atomic E-state index is 12.9. The van der Waals surface area contributed by atoms with Crippen LogP contribution in [0.4, 0.5) is 4.39 Å². The fourth-order valence-corrected chi connectivity index (χ4v) is 3.73. The molecule has 1 aliphatic rings. The molecular formula is C15H15FOS. The third kappa shape index (κ3) is 2.20. The number of rotatable bonds is 2. The number of hydrogen-bond acceptors (Lipinski definition) is 2. The summed E-state index contributed by atoms with van der Waals surface area (Å²) in [7, 11) is 0. The summed E-state index contributed by atoms with van der Waals surface area (Å²) in [6.45, 7) is 0. The van der Waals surface area contributed by atoms with Crippen LogP contribution in [0.2, 0.25) is 0 Å². The van der Waals surface area contributed by atoms with Crippen LogP contribution >= 0.6 is 11.3 Å². The predicted octanol–water partition coefficient (Wildman–Crippen LogP) is 3.85. The lowest BCUT2D eigenvalue weighted by atomic mass is 9.98. The number of thiophene rings is 1. The van der Waals surface area contributed by atoms with Crippen LogP contribution in [0, 0.1) is 5.82 Å². The van der Waals surface area contributed by atoms with Gasteiger partial charge in [-0.05, 0) is 55.0 Å². The minimum Gasteiger partial charge on any atom is -0.383 e. The first-order valence-corrected chi connectivity index (χ1v) is 7.11. The number of hydrogen-bond donors (Lipinski definition) is 1. The zero-order valence-corrected chi connectivity index (χ0v) is 10.8. The zero-order valence-electron chi connectivity index (χ0n) is 10.0. The monoisotopic (exact) mass is 262 g/mol. The number of aliphatic hydroxyl groups excluding tert-OH is 1. The Hall–Kier alpha value is -1.19. The van der Waals surface area contributed by atoms with Gasteiger partial charge in [-0.25, -0.2) is 4.39 Å². The topological polar surface area (TPSA) is 20.2 Å². The van der Waals surface area contributed by atoms with E-state index in [1.54, 1.807) is 23.5 Å². The summed E-state index contributed by atoms with van der Waals surface area (Å²) in [5.74, 6) is -0.267. The summed E-state index contributed by atoms with van der Waals surface area (Å²) >= 11 is 1.70. The number of fused-ring (bicyclic) bond motifs is 1. The molecular weight excluding hydrogens is 247 g/mol. The molecule has 1 unspecified atom stereocenters. The van der Waals surface area contributed by atoms with Gasteiger partial charge in [-0.1, -0.05) is 12.1 Å². The molecule has 18 heavy (non-hydrogen) atoms. The molecule has 0 amide bonds. The first kappa shape index (κ1) is 11.9. The summed E-state index contributed by atoms with van der Waals surface area (Å²) in [5.41, 5.74) is 2.15. The lowest BCUT2D eigenvalue weighted by molar-refractivity contribution is 0.224. The van der Waals surface area contributed by atoms with Gasteiger partial charge in [-0.2, -0.15) is 0 Å². The molecule has 1 nitrogen and oxygen atoms in total. The summed E-state index contributed by atoms with van der Waals surface area (Å²) in [5, 5.41) is 10.3. The van der Waals surface area contributed by atoms with Crippen LogP contribution in [0.1, 0.15) is 39.8 Å². The summed E-state index contributed by atoms with van der Waals surface area (Å²) in [4.78, 5) is 2.39. The second kappa shape index (κ2) is 4.82. The van der Waals surface area contributed by atoms with E-state index in [-0.39, 0.29) is 5.82 Å². The van der Waals surface area contributed by atoms with Crippen LogP contribution in [0.5, 0.6) is 0 Å². The van der Waals surface area contributed by atoms with Crippen molar-refractivity contribution in [2.75, 3.05) is 0 Å². The van der Waals surface area contributed by atoms with Crippen LogP contribution in [0.25, 0.3) is 0 Å². The fourth-order valence-electron chi connectivity index (χ4n) is 2.46. The molecule has 1 N–H and O–H groups in total. The van der Waals surface area contributed by atoms with Crippen molar-refractivity contribution in [3.8, 4) is 0 Å². The van der Waals surface area contributed by atoms with Crippen molar-refractivity contribution in [3.05, 3.63) is 57.0 Å². The van der Waals surface area contributed by atoms with Gasteiger partial charge < -0.3 is 5.11 Å². The minimum atomic E-state index is -0.624. The highest BCUT2D eigenvalue weighted by molar-refractivity contribution is 7.12. The molecule has 0 fully saturated rings. The largest absolute Gasteiger partial charge is 0.383 e. The molecule has 3 heteroatoms. The molecule has 1 atom stereocenters. The molecule has 0 spiro atoms. The van der Waals surface area contributed by atoms with E-state index in [1.165, 1.54) is 35.4 Å². The van der Waals surface area contributed by atoms with Gasteiger partial charge in [-0.3, -0.25) is 0 Å². The Morgan fingerprint density at radius 2 is 1.83 bits per heavy atom. The Kier molecular flexibility index (Phi) is 3.18. The quantitative estimate of drug-likeness (QED) is 0.871. The van der Waals surface area contributed by atoms with Crippen molar-refractivity contribution in [2.24, 2.45) is 0 Å². The average molecular weight is 262 g/mol. The SMILES string of the molecule is OC(c1ccc(F)cc1)c1cc2c(s1)CCCC2. The van der Waals surface area contributed by atoms with E-state index < -0.39 is 6.10 Å². The van der Waals surface area contributed by atoms with E-state index in [2.05, 4.69) is 6.07 Å². The molecule has 1 heterocycles. The highest BCUT2D eigenvalue weighted by atomic mass is 32.1. The maximum Gasteiger partial charge on any atom is 0.123 e. The van der Waals surface area contributed by atoms with Gasteiger partial charge in [0.15, 0.2) is 0 Å². The van der Waals surface area contributed by atoms with Crippen LogP contribution in [0.3, 0.4) is 0 Å². The van der Waals surface area contributed by atoms with Crippen LogP contribution < -0.4 is 0 Å². The number of benzene rings is 1. The summed E-state index contributed by atoms with van der Waals surface area (Å²) in [6.07, 6.45) is 4.13. The van der Waals surface area contributed by atoms with Crippen molar-refractivity contribution in [3.63, 3.8) is 0 Å². The highest BCUT2D eigenvalue weighted by Crippen LogP contribution is 2.35. The Labute approximate surface area is 110 Å². The molecule has 1 aliphatic carbocycles. The Balaban J connectivity index is 1.89. The van der Waals surface area contributed by atoms with Gasteiger partial charge in [0.1, 0.15) is 11.9 Å². The molecule has 3 rings (SSSR count). The fraction of sp³-hybridized carbons (Fsp3) is 0.333. The van der Waals surface area contributed by atoms with Crippen molar-refractivity contribution in [2.45, 2.75) is 31.8 Å². The van der Waals surface area contributed by atoms with Gasteiger partial charge in [0.2, 0.25) is 0 Å². The third-order valence-corrected chi connectivity index (χ3v) is 4.76. The van der Waals surface area contributed by atoms with Crippen LogP contribution in [-0.2, 0) is 12.8 Å². The second-order valence-electron chi connectivity index (χ2n) is 4.76. The van der Waals surface area contributed by atoms with E-state index >= 15 is 0 Å². The lowest BCUT2D eigenvalue weighted by Gasteiger charge is -2.08. The van der Waals surface area contributed by atoms with E-state index in [0.29, 0.717) is 0 Å². The minimum absolute atomic E-state index is 0.267. The summed E-state index contributed by atoms with van der Waals surface area (Å²) in [6, 6.07) is 8.21. The van der Waals surface area contributed by atoms with E-state index in [9.17, 15) is 9.50 Å². The molecule has 1 aromatic heterocycles. The smallest absolute Gasteiger partial charge is 0.123 e. The van der Waals surface area contributed by atoms with Gasteiger partial charge in [0, 0.05) is 9.75 Å². The standard InChI is InChI=1S/C15H15FOS/c16-12-7-5-10(6-8-12)15(17)14-9-11-3-1-2-4-13(11)18-14/h5-9,15,17H,1-4H2. The molecule has 0 bridgehead atoms. The Morgan fingerprint density at radius 1 is 1.11 bits per heavy atom. The average Bonchev–Trinajstić information content (AvgIpc) is 2.82. The van der Waals surface area contributed by atoms with Crippen LogP contribution in [0.15, 0.2) is 30.3 Å². The lowest BCUT2D eigenvalue weighted by Crippen LogP contribution is -1.97. The molecule has 0 radical (unpaired) electrons. The second-order valence-corrected chi connectivity index (χ2v) is 5.93. The normalized spacial score (nSPS) is 16.3. The van der Waals surface area contributed by atoms with Gasteiger partial charge in [-0.15, -0.1) is 11.3 Å². The molecule has 1 aromatic carbocycles. The first-order chi connectivity index (χ1) is 8.74. The zero-order chi connectivity index (χ0) is 12.5. The number of halogens is 1. The van der Waals surface area contributed by atoms with Gasteiger partial charge in [0.05, 0.1) is 0 Å². The Morgan fingerprint density at radius 3 is 2.56 bits per heavy atom. The maximum atomic E-state index is 12.9. The van der Waals surface area contributed by atoms with Crippen molar-refractivity contribution in [1.29, 1.82) is 0 Å². The molecule has 0 aliphatic heterocycles. The van der Waals surface area contributed by atoms with E-state index in [4.69, 9.17) is 0 Å². The third-order valence-electron chi connectivity index (χ3n) is 3.47. The van der Waals surface area contributed by atoms with Crippen LogP contribution in [-0.4, -0.2) is 5.11 Å². The first-order valence-electron chi connectivity index (χ1n) is 6.29. The van der Waals surface area contributed by atoms with Gasteiger partial charge in [0.25, 0.3) is 0 Å².